The van der Waals surface area contributed by atoms with E-state index in [4.69, 9.17) is 9.26 Å². The van der Waals surface area contributed by atoms with Crippen LogP contribution in [0.1, 0.15) is 6.42 Å². The molecule has 0 saturated heterocycles. The summed E-state index contributed by atoms with van der Waals surface area (Å²) in [4.78, 5) is 0. The topological polar surface area (TPSA) is 18.5 Å². The zero-order valence-electron chi connectivity index (χ0n) is 7.31. The van der Waals surface area contributed by atoms with Gasteiger partial charge in [-0.15, -0.1) is 12.4 Å². The summed E-state index contributed by atoms with van der Waals surface area (Å²) < 4.78 is 10.2. The number of halogens is 1. The smallest absolute Gasteiger partial charge is 0.119 e. The fourth-order valence-electron chi connectivity index (χ4n) is 0.849. The van der Waals surface area contributed by atoms with Gasteiger partial charge in [-0.2, -0.15) is 0 Å². The predicted molar refractivity (Wildman–Crippen MR) is 59.5 cm³/mol. The van der Waals surface area contributed by atoms with Gasteiger partial charge in [-0.25, -0.2) is 0 Å². The summed E-state index contributed by atoms with van der Waals surface area (Å²) in [5.41, 5.74) is 0. The maximum atomic E-state index is 5.42. The summed E-state index contributed by atoms with van der Waals surface area (Å²) in [6.45, 7) is 1.43. The summed E-state index contributed by atoms with van der Waals surface area (Å²) in [7, 11) is 2.22. The van der Waals surface area contributed by atoms with Gasteiger partial charge in [-0.05, 0) is 12.1 Å². The molecule has 4 heteroatoms. The van der Waals surface area contributed by atoms with Crippen LogP contribution in [0.5, 0.6) is 5.75 Å². The normalized spacial score (nSPS) is 9.00. The molecule has 0 aliphatic heterocycles. The Balaban J connectivity index is 0.00000144. The Bertz CT molecular complexity index is 206. The lowest BCUT2D eigenvalue weighted by Crippen LogP contribution is -1.99. The molecule has 0 radical (unpaired) electrons. The van der Waals surface area contributed by atoms with Crippen molar-refractivity contribution in [1.29, 1.82) is 0 Å². The van der Waals surface area contributed by atoms with Crippen molar-refractivity contribution in [2.24, 2.45) is 0 Å². The molecule has 1 unspecified atom stereocenters. The van der Waals surface area contributed by atoms with E-state index < -0.39 is 0 Å². The van der Waals surface area contributed by atoms with E-state index in [0.717, 1.165) is 18.8 Å². The van der Waals surface area contributed by atoms with Gasteiger partial charge in [0.05, 0.1) is 13.2 Å². The minimum absolute atomic E-state index is 0. The number of hydrogen-bond donors (Lipinski definition) is 0. The number of benzene rings is 1. The van der Waals surface area contributed by atoms with Crippen LogP contribution in [0.2, 0.25) is 0 Å². The molecule has 0 fully saturated rings. The first-order valence-corrected chi connectivity index (χ1v) is 4.40. The molecule has 2 nitrogen and oxygen atoms in total. The zero-order valence-corrected chi connectivity index (χ0v) is 9.28. The van der Waals surface area contributed by atoms with Gasteiger partial charge < -0.3 is 9.26 Å². The highest BCUT2D eigenvalue weighted by Crippen LogP contribution is 2.08. The summed E-state index contributed by atoms with van der Waals surface area (Å²) in [6.07, 6.45) is 0.915. The van der Waals surface area contributed by atoms with Crippen molar-refractivity contribution in [3.05, 3.63) is 30.3 Å². The molecular formula is C9H14ClO2P. The van der Waals surface area contributed by atoms with Gasteiger partial charge in [-0.1, -0.05) is 18.2 Å². The highest BCUT2D eigenvalue weighted by atomic mass is 35.5. The zero-order chi connectivity index (χ0) is 8.65. The quantitative estimate of drug-likeness (QED) is 0.561. The Morgan fingerprint density at radius 1 is 1.08 bits per heavy atom. The Kier molecular flexibility index (Phi) is 8.11. The van der Waals surface area contributed by atoms with Gasteiger partial charge in [0.25, 0.3) is 0 Å². The van der Waals surface area contributed by atoms with Crippen LogP contribution in [0, 0.1) is 0 Å². The van der Waals surface area contributed by atoms with E-state index in [9.17, 15) is 0 Å². The molecule has 1 atom stereocenters. The number of ether oxygens (including phenoxy) is 1. The maximum absolute atomic E-state index is 5.42. The van der Waals surface area contributed by atoms with Crippen LogP contribution in [-0.4, -0.2) is 13.2 Å². The lowest BCUT2D eigenvalue weighted by atomic mass is 10.3. The van der Waals surface area contributed by atoms with Crippen LogP contribution in [-0.2, 0) is 4.52 Å². The average Bonchev–Trinajstić information content (AvgIpc) is 2.14. The molecule has 1 aromatic carbocycles. The average molecular weight is 221 g/mol. The number of hydrogen-bond acceptors (Lipinski definition) is 2. The molecule has 0 aliphatic carbocycles. The Morgan fingerprint density at radius 2 is 1.77 bits per heavy atom. The molecule has 0 aromatic heterocycles. The van der Waals surface area contributed by atoms with Gasteiger partial charge >= 0.3 is 0 Å². The highest BCUT2D eigenvalue weighted by Gasteiger charge is 1.90. The summed E-state index contributed by atoms with van der Waals surface area (Å²) >= 11 is 0. The van der Waals surface area contributed by atoms with E-state index >= 15 is 0 Å². The Labute approximate surface area is 87.3 Å². The van der Waals surface area contributed by atoms with E-state index in [1.807, 2.05) is 30.3 Å². The van der Waals surface area contributed by atoms with E-state index in [1.54, 1.807) is 0 Å². The highest BCUT2D eigenvalue weighted by molar-refractivity contribution is 7.09. The molecule has 13 heavy (non-hydrogen) atoms. The standard InChI is InChI=1S/C9H13O2P.ClH/c12-11-8-4-7-10-9-5-2-1-3-6-9;/h1-3,5-6H,4,7-8,12H2;1H. The van der Waals surface area contributed by atoms with Crippen LogP contribution in [0.25, 0.3) is 0 Å². The summed E-state index contributed by atoms with van der Waals surface area (Å²) in [6, 6.07) is 9.78. The van der Waals surface area contributed by atoms with Crippen LogP contribution in [0.15, 0.2) is 30.3 Å². The molecule has 74 valence electrons. The number of rotatable bonds is 5. The molecule has 0 heterocycles. The van der Waals surface area contributed by atoms with Crippen molar-refractivity contribution in [3.63, 3.8) is 0 Å². The van der Waals surface area contributed by atoms with Crippen molar-refractivity contribution < 1.29 is 9.26 Å². The van der Waals surface area contributed by atoms with Gasteiger partial charge in [0, 0.05) is 15.9 Å². The predicted octanol–water partition coefficient (Wildman–Crippen LogP) is 2.68. The second-order valence-corrected chi connectivity index (χ2v) is 2.72. The van der Waals surface area contributed by atoms with Crippen molar-refractivity contribution >= 4 is 21.9 Å². The SMILES string of the molecule is Cl.POCCCOc1ccccc1. The largest absolute Gasteiger partial charge is 0.494 e. The van der Waals surface area contributed by atoms with Crippen LogP contribution in [0.3, 0.4) is 0 Å². The van der Waals surface area contributed by atoms with E-state index in [1.165, 1.54) is 0 Å². The molecule has 0 aliphatic rings. The van der Waals surface area contributed by atoms with Gasteiger partial charge in [0.15, 0.2) is 0 Å². The van der Waals surface area contributed by atoms with Gasteiger partial charge in [0.2, 0.25) is 0 Å². The minimum Gasteiger partial charge on any atom is -0.494 e. The van der Waals surface area contributed by atoms with E-state index in [2.05, 4.69) is 9.47 Å². The van der Waals surface area contributed by atoms with Crippen molar-refractivity contribution in [2.75, 3.05) is 13.2 Å². The monoisotopic (exact) mass is 220 g/mol. The fourth-order valence-corrected chi connectivity index (χ4v) is 1.02. The van der Waals surface area contributed by atoms with Crippen LogP contribution in [0.4, 0.5) is 0 Å². The molecule has 0 amide bonds. The van der Waals surface area contributed by atoms with Crippen molar-refractivity contribution in [1.82, 2.24) is 0 Å². The van der Waals surface area contributed by atoms with Gasteiger partial charge in [-0.3, -0.25) is 0 Å². The lowest BCUT2D eigenvalue weighted by Gasteiger charge is -2.04. The summed E-state index contributed by atoms with van der Waals surface area (Å²) in [5.74, 6) is 0.918. The molecule has 0 N–H and O–H groups in total. The first-order chi connectivity index (χ1) is 5.93. The molecule has 1 rings (SSSR count). The molecular weight excluding hydrogens is 207 g/mol. The number of para-hydroxylation sites is 1. The lowest BCUT2D eigenvalue weighted by molar-refractivity contribution is 0.266. The first-order valence-electron chi connectivity index (χ1n) is 3.93. The van der Waals surface area contributed by atoms with Crippen LogP contribution >= 0.6 is 21.9 Å². The summed E-state index contributed by atoms with van der Waals surface area (Å²) in [5, 5.41) is 0. The van der Waals surface area contributed by atoms with Crippen LogP contribution < -0.4 is 4.74 Å². The van der Waals surface area contributed by atoms with E-state index in [0.29, 0.717) is 6.61 Å². The molecule has 1 aromatic rings. The third-order valence-electron chi connectivity index (χ3n) is 1.42. The maximum Gasteiger partial charge on any atom is 0.119 e. The minimum atomic E-state index is 0. The third kappa shape index (κ3) is 5.87. The third-order valence-corrected chi connectivity index (χ3v) is 1.65. The first kappa shape index (κ1) is 12.7. The van der Waals surface area contributed by atoms with E-state index in [-0.39, 0.29) is 12.4 Å². The van der Waals surface area contributed by atoms with Crippen molar-refractivity contribution in [2.45, 2.75) is 6.42 Å². The second-order valence-electron chi connectivity index (χ2n) is 2.39. The molecule has 0 spiro atoms. The van der Waals surface area contributed by atoms with Crippen molar-refractivity contribution in [3.8, 4) is 5.75 Å². The Hall–Kier alpha value is -0.300. The fraction of sp³-hybridized carbons (Fsp3) is 0.333. The Morgan fingerprint density at radius 3 is 2.38 bits per heavy atom. The second kappa shape index (κ2) is 8.31. The molecule has 0 saturated carbocycles. The molecule has 0 bridgehead atoms. The van der Waals surface area contributed by atoms with Gasteiger partial charge in [0.1, 0.15) is 5.75 Å².